The van der Waals surface area contributed by atoms with Crippen molar-refractivity contribution in [3.8, 4) is 0 Å². The number of benzene rings is 1. The Balaban J connectivity index is 2.28. The first-order valence-corrected chi connectivity index (χ1v) is 7.86. The molecule has 0 aliphatic carbocycles. The molecule has 2 aromatic rings. The predicted octanol–water partition coefficient (Wildman–Crippen LogP) is 3.37. The van der Waals surface area contributed by atoms with Gasteiger partial charge >= 0.3 is 0 Å². The van der Waals surface area contributed by atoms with Crippen molar-refractivity contribution in [2.24, 2.45) is 7.05 Å². The number of aryl methyl sites for hydroxylation is 3. The topological polar surface area (TPSA) is 38.1 Å². The second kappa shape index (κ2) is 6.97. The monoisotopic (exact) mass is 319 g/mol. The Kier molecular flexibility index (Phi) is 5.24. The normalized spacial score (nSPS) is 12.2. The van der Waals surface area contributed by atoms with Gasteiger partial charge in [-0.3, -0.25) is 9.48 Å². The average molecular weight is 320 g/mol. The minimum atomic E-state index is -0.0713. The van der Waals surface area contributed by atoms with Gasteiger partial charge in [-0.05, 0) is 31.9 Å². The molecule has 0 radical (unpaired) electrons. The van der Waals surface area contributed by atoms with E-state index in [1.807, 2.05) is 25.1 Å². The van der Waals surface area contributed by atoms with Crippen LogP contribution in [-0.2, 0) is 18.4 Å². The van der Waals surface area contributed by atoms with Crippen LogP contribution in [-0.4, -0.2) is 26.5 Å². The number of carbonyl (C=O) groups excluding carboxylic acids is 1. The van der Waals surface area contributed by atoms with E-state index in [0.717, 1.165) is 11.1 Å². The van der Waals surface area contributed by atoms with Crippen LogP contribution in [0.3, 0.4) is 0 Å². The van der Waals surface area contributed by atoms with Gasteiger partial charge in [0, 0.05) is 25.4 Å². The summed E-state index contributed by atoms with van der Waals surface area (Å²) in [6.07, 6.45) is 3.72. The fourth-order valence-corrected chi connectivity index (χ4v) is 2.71. The van der Waals surface area contributed by atoms with E-state index in [-0.39, 0.29) is 17.8 Å². The van der Waals surface area contributed by atoms with Gasteiger partial charge < -0.3 is 4.90 Å². The number of alkyl halides is 1. The van der Waals surface area contributed by atoms with Gasteiger partial charge in [0.2, 0.25) is 5.91 Å². The minimum Gasteiger partial charge on any atom is -0.330 e. The van der Waals surface area contributed by atoms with Crippen LogP contribution in [0.5, 0.6) is 0 Å². The molecule has 1 unspecified atom stereocenters. The van der Waals surface area contributed by atoms with Gasteiger partial charge in [0.1, 0.15) is 5.88 Å². The summed E-state index contributed by atoms with van der Waals surface area (Å²) in [5.41, 5.74) is 4.55. The van der Waals surface area contributed by atoms with Gasteiger partial charge in [0.25, 0.3) is 0 Å². The van der Waals surface area contributed by atoms with Crippen molar-refractivity contribution >= 4 is 17.5 Å². The summed E-state index contributed by atoms with van der Waals surface area (Å²) in [6, 6.07) is 6.21. The SMILES string of the molecule is Cc1ccc(CN(C(=O)CCl)C(C)c2cnn(C)c2)c(C)c1. The molecule has 0 aliphatic heterocycles. The third-order valence-corrected chi connectivity index (χ3v) is 4.18. The molecule has 1 atom stereocenters. The molecule has 0 aliphatic rings. The third-order valence-electron chi connectivity index (χ3n) is 3.95. The van der Waals surface area contributed by atoms with Crippen molar-refractivity contribution in [2.45, 2.75) is 33.4 Å². The Labute approximate surface area is 136 Å². The van der Waals surface area contributed by atoms with Crippen molar-refractivity contribution in [1.29, 1.82) is 0 Å². The van der Waals surface area contributed by atoms with Crippen molar-refractivity contribution in [3.05, 3.63) is 52.8 Å². The predicted molar refractivity (Wildman–Crippen MR) is 88.8 cm³/mol. The fourth-order valence-electron chi connectivity index (χ4n) is 2.56. The van der Waals surface area contributed by atoms with E-state index >= 15 is 0 Å². The lowest BCUT2D eigenvalue weighted by atomic mass is 10.0. The van der Waals surface area contributed by atoms with Crippen LogP contribution in [0, 0.1) is 13.8 Å². The van der Waals surface area contributed by atoms with Crippen LogP contribution in [0.4, 0.5) is 0 Å². The van der Waals surface area contributed by atoms with Gasteiger partial charge in [-0.2, -0.15) is 5.10 Å². The molecule has 0 bridgehead atoms. The highest BCUT2D eigenvalue weighted by Gasteiger charge is 2.22. The molecule has 5 heteroatoms. The Bertz CT molecular complexity index is 666. The first kappa shape index (κ1) is 16.6. The first-order chi connectivity index (χ1) is 10.4. The standard InChI is InChI=1S/C17H22ClN3O/c1-12-5-6-15(13(2)7-12)11-21(17(22)8-18)14(3)16-9-19-20(4)10-16/h5-7,9-10,14H,8,11H2,1-4H3. The minimum absolute atomic E-state index is 0.0183. The third kappa shape index (κ3) is 3.69. The summed E-state index contributed by atoms with van der Waals surface area (Å²) < 4.78 is 1.74. The number of amides is 1. The number of hydrogen-bond acceptors (Lipinski definition) is 2. The maximum atomic E-state index is 12.3. The molecule has 1 aromatic carbocycles. The molecule has 2 rings (SSSR count). The summed E-state index contributed by atoms with van der Waals surface area (Å²) in [5.74, 6) is -0.0896. The lowest BCUT2D eigenvalue weighted by Crippen LogP contribution is -2.34. The molecule has 1 aromatic heterocycles. The number of nitrogens with zero attached hydrogens (tertiary/aromatic N) is 3. The van der Waals surface area contributed by atoms with Crippen LogP contribution in [0.1, 0.15) is 35.2 Å². The van der Waals surface area contributed by atoms with Gasteiger partial charge in [0.05, 0.1) is 12.2 Å². The zero-order valence-corrected chi connectivity index (χ0v) is 14.3. The van der Waals surface area contributed by atoms with E-state index in [4.69, 9.17) is 11.6 Å². The van der Waals surface area contributed by atoms with Gasteiger partial charge in [0.15, 0.2) is 0 Å². The summed E-state index contributed by atoms with van der Waals surface area (Å²) in [4.78, 5) is 14.1. The second-order valence-corrected chi connectivity index (χ2v) is 5.98. The highest BCUT2D eigenvalue weighted by Crippen LogP contribution is 2.24. The van der Waals surface area contributed by atoms with Gasteiger partial charge in [-0.25, -0.2) is 0 Å². The zero-order valence-electron chi connectivity index (χ0n) is 13.5. The lowest BCUT2D eigenvalue weighted by Gasteiger charge is -2.29. The van der Waals surface area contributed by atoms with E-state index in [0.29, 0.717) is 6.54 Å². The van der Waals surface area contributed by atoms with E-state index in [1.165, 1.54) is 11.1 Å². The maximum absolute atomic E-state index is 12.3. The number of hydrogen-bond donors (Lipinski definition) is 0. The molecule has 0 spiro atoms. The Morgan fingerprint density at radius 3 is 2.68 bits per heavy atom. The lowest BCUT2D eigenvalue weighted by molar-refractivity contribution is -0.131. The quantitative estimate of drug-likeness (QED) is 0.793. The maximum Gasteiger partial charge on any atom is 0.238 e. The van der Waals surface area contributed by atoms with Crippen LogP contribution in [0.2, 0.25) is 0 Å². The van der Waals surface area contributed by atoms with E-state index < -0.39 is 0 Å². The fraction of sp³-hybridized carbons (Fsp3) is 0.412. The van der Waals surface area contributed by atoms with Crippen molar-refractivity contribution in [3.63, 3.8) is 0 Å². The summed E-state index contributed by atoms with van der Waals surface area (Å²) >= 11 is 5.80. The highest BCUT2D eigenvalue weighted by molar-refractivity contribution is 6.27. The van der Waals surface area contributed by atoms with Crippen LogP contribution in [0.25, 0.3) is 0 Å². The zero-order chi connectivity index (χ0) is 16.3. The molecule has 0 saturated carbocycles. The highest BCUT2D eigenvalue weighted by atomic mass is 35.5. The van der Waals surface area contributed by atoms with Crippen LogP contribution >= 0.6 is 11.6 Å². The number of carbonyl (C=O) groups is 1. The molecule has 0 saturated heterocycles. The molecule has 1 amide bonds. The smallest absolute Gasteiger partial charge is 0.238 e. The van der Waals surface area contributed by atoms with Crippen molar-refractivity contribution in [2.75, 3.05) is 5.88 Å². The van der Waals surface area contributed by atoms with Crippen molar-refractivity contribution in [1.82, 2.24) is 14.7 Å². The Hall–Kier alpha value is -1.81. The van der Waals surface area contributed by atoms with Crippen LogP contribution < -0.4 is 0 Å². The first-order valence-electron chi connectivity index (χ1n) is 7.32. The molecular weight excluding hydrogens is 298 g/mol. The van der Waals surface area contributed by atoms with Crippen LogP contribution in [0.15, 0.2) is 30.6 Å². The summed E-state index contributed by atoms with van der Waals surface area (Å²) in [5, 5.41) is 4.19. The number of rotatable bonds is 5. The molecular formula is C17H22ClN3O. The Morgan fingerprint density at radius 1 is 1.41 bits per heavy atom. The molecule has 118 valence electrons. The largest absolute Gasteiger partial charge is 0.330 e. The molecule has 1 heterocycles. The van der Waals surface area contributed by atoms with Gasteiger partial charge in [-0.15, -0.1) is 11.6 Å². The number of halogens is 1. The van der Waals surface area contributed by atoms with E-state index in [1.54, 1.807) is 10.9 Å². The second-order valence-electron chi connectivity index (χ2n) is 5.71. The Morgan fingerprint density at radius 2 is 2.14 bits per heavy atom. The number of aromatic nitrogens is 2. The van der Waals surface area contributed by atoms with E-state index in [2.05, 4.69) is 37.1 Å². The summed E-state index contributed by atoms with van der Waals surface area (Å²) in [7, 11) is 1.87. The summed E-state index contributed by atoms with van der Waals surface area (Å²) in [6.45, 7) is 6.69. The van der Waals surface area contributed by atoms with E-state index in [9.17, 15) is 4.79 Å². The molecule has 0 N–H and O–H groups in total. The molecule has 0 fully saturated rings. The van der Waals surface area contributed by atoms with Crippen molar-refractivity contribution < 1.29 is 4.79 Å². The molecule has 22 heavy (non-hydrogen) atoms. The average Bonchev–Trinajstić information content (AvgIpc) is 2.91. The van der Waals surface area contributed by atoms with Gasteiger partial charge in [-0.1, -0.05) is 23.8 Å². The molecule has 4 nitrogen and oxygen atoms in total.